The van der Waals surface area contributed by atoms with Crippen LogP contribution in [0.25, 0.3) is 11.6 Å². The monoisotopic (exact) mass is 301 g/mol. The first kappa shape index (κ1) is 14.0. The minimum absolute atomic E-state index is 0.0159. The molecule has 0 spiro atoms. The lowest BCUT2D eigenvalue weighted by Gasteiger charge is -1.96. The molecule has 0 radical (unpaired) electrons. The van der Waals surface area contributed by atoms with Crippen LogP contribution in [0, 0.1) is 13.8 Å². The summed E-state index contributed by atoms with van der Waals surface area (Å²) in [6, 6.07) is 3.51. The molecule has 3 aromatic rings. The number of nitrogens with zero attached hydrogens (tertiary/aromatic N) is 6. The highest BCUT2D eigenvalue weighted by Crippen LogP contribution is 2.20. The topological polar surface area (TPSA) is 104 Å². The van der Waals surface area contributed by atoms with Crippen LogP contribution in [0.5, 0.6) is 0 Å². The van der Waals surface area contributed by atoms with E-state index in [0.717, 1.165) is 11.4 Å². The number of anilines is 1. The fraction of sp³-hybridized carbons (Fsp3) is 0.308. The maximum absolute atomic E-state index is 12.1. The van der Waals surface area contributed by atoms with Gasteiger partial charge in [-0.05, 0) is 26.0 Å². The van der Waals surface area contributed by atoms with Gasteiger partial charge >= 0.3 is 6.01 Å². The minimum Gasteiger partial charge on any atom is -0.401 e. The molecule has 0 bridgehead atoms. The molecule has 114 valence electrons. The maximum Gasteiger partial charge on any atom is 0.322 e. The van der Waals surface area contributed by atoms with Gasteiger partial charge in [-0.3, -0.25) is 19.5 Å². The van der Waals surface area contributed by atoms with Gasteiger partial charge < -0.3 is 4.42 Å². The summed E-state index contributed by atoms with van der Waals surface area (Å²) in [6.45, 7) is 3.73. The summed E-state index contributed by atoms with van der Waals surface area (Å²) in [7, 11) is 3.54. The Morgan fingerprint density at radius 3 is 2.50 bits per heavy atom. The molecular weight excluding hydrogens is 286 g/mol. The predicted octanol–water partition coefficient (Wildman–Crippen LogP) is 1.07. The van der Waals surface area contributed by atoms with Gasteiger partial charge in [0.25, 0.3) is 11.8 Å². The average molecular weight is 301 g/mol. The number of nitrogens with one attached hydrogen (secondary N) is 1. The standard InChI is InChI=1S/C13H15N7O2/c1-7-5-10(20(4)17-7)12-15-16-13(22-12)14-11(21)9-6-8(2)19(3)18-9/h5-6H,1-4H3,(H,14,16,21). The van der Waals surface area contributed by atoms with E-state index >= 15 is 0 Å². The number of carbonyl (C=O) groups is 1. The molecule has 22 heavy (non-hydrogen) atoms. The molecule has 0 saturated carbocycles. The van der Waals surface area contributed by atoms with Gasteiger partial charge in [0.05, 0.1) is 5.69 Å². The molecule has 3 rings (SSSR count). The number of hydrogen-bond donors (Lipinski definition) is 1. The Morgan fingerprint density at radius 1 is 1.14 bits per heavy atom. The summed E-state index contributed by atoms with van der Waals surface area (Å²) in [5, 5.41) is 18.6. The maximum atomic E-state index is 12.1. The summed E-state index contributed by atoms with van der Waals surface area (Å²) in [4.78, 5) is 12.1. The van der Waals surface area contributed by atoms with Crippen LogP contribution in [-0.2, 0) is 14.1 Å². The highest BCUT2D eigenvalue weighted by Gasteiger charge is 2.17. The van der Waals surface area contributed by atoms with Crippen LogP contribution in [-0.4, -0.2) is 35.7 Å². The molecule has 1 amide bonds. The van der Waals surface area contributed by atoms with Gasteiger partial charge in [0, 0.05) is 19.8 Å². The normalized spacial score (nSPS) is 10.9. The first-order chi connectivity index (χ1) is 10.4. The minimum atomic E-state index is -0.403. The number of carbonyl (C=O) groups excluding carboxylic acids is 1. The SMILES string of the molecule is Cc1cc(-c2nnc(NC(=O)c3cc(C)n(C)n3)o2)n(C)n1. The Labute approximate surface area is 125 Å². The number of hydrogen-bond acceptors (Lipinski definition) is 6. The van der Waals surface area contributed by atoms with E-state index in [-0.39, 0.29) is 17.6 Å². The van der Waals surface area contributed by atoms with E-state index < -0.39 is 5.91 Å². The molecule has 0 aliphatic rings. The Morgan fingerprint density at radius 2 is 1.91 bits per heavy atom. The van der Waals surface area contributed by atoms with Crippen molar-refractivity contribution in [1.29, 1.82) is 0 Å². The smallest absolute Gasteiger partial charge is 0.322 e. The van der Waals surface area contributed by atoms with Gasteiger partial charge in [0.2, 0.25) is 0 Å². The van der Waals surface area contributed by atoms with Gasteiger partial charge in [-0.2, -0.15) is 10.2 Å². The van der Waals surface area contributed by atoms with Crippen molar-refractivity contribution in [3.63, 3.8) is 0 Å². The lowest BCUT2D eigenvalue weighted by atomic mass is 10.3. The Hall–Kier alpha value is -2.97. The van der Waals surface area contributed by atoms with Crippen molar-refractivity contribution in [3.8, 4) is 11.6 Å². The highest BCUT2D eigenvalue weighted by molar-refractivity contribution is 6.01. The van der Waals surface area contributed by atoms with Crippen LogP contribution in [0.2, 0.25) is 0 Å². The molecule has 0 aliphatic heterocycles. The van der Waals surface area contributed by atoms with E-state index in [0.29, 0.717) is 5.69 Å². The van der Waals surface area contributed by atoms with E-state index in [4.69, 9.17) is 4.42 Å². The molecule has 0 unspecified atom stereocenters. The summed E-state index contributed by atoms with van der Waals surface area (Å²) in [5.41, 5.74) is 2.68. The number of aryl methyl sites for hydroxylation is 4. The molecule has 9 nitrogen and oxygen atoms in total. The van der Waals surface area contributed by atoms with Crippen molar-refractivity contribution in [1.82, 2.24) is 29.8 Å². The molecule has 3 heterocycles. The number of rotatable bonds is 3. The third-order valence-electron chi connectivity index (χ3n) is 3.21. The second-order valence-corrected chi connectivity index (χ2v) is 4.96. The lowest BCUT2D eigenvalue weighted by Crippen LogP contribution is -2.13. The lowest BCUT2D eigenvalue weighted by molar-refractivity contribution is 0.101. The summed E-state index contributed by atoms with van der Waals surface area (Å²) >= 11 is 0. The van der Waals surface area contributed by atoms with Crippen LogP contribution in [0.3, 0.4) is 0 Å². The zero-order valence-corrected chi connectivity index (χ0v) is 12.7. The van der Waals surface area contributed by atoms with Crippen LogP contribution in [0.15, 0.2) is 16.5 Å². The van der Waals surface area contributed by atoms with Crippen LogP contribution in [0.4, 0.5) is 6.01 Å². The third-order valence-corrected chi connectivity index (χ3v) is 3.21. The van der Waals surface area contributed by atoms with E-state index in [1.165, 1.54) is 0 Å². The van der Waals surface area contributed by atoms with Gasteiger partial charge in [-0.15, -0.1) is 5.10 Å². The molecule has 0 aromatic carbocycles. The zero-order valence-electron chi connectivity index (χ0n) is 12.7. The highest BCUT2D eigenvalue weighted by atomic mass is 16.4. The number of aromatic nitrogens is 6. The fourth-order valence-corrected chi connectivity index (χ4v) is 2.02. The molecule has 3 aromatic heterocycles. The molecule has 0 saturated heterocycles. The van der Waals surface area contributed by atoms with Crippen LogP contribution in [0.1, 0.15) is 21.9 Å². The molecule has 1 N–H and O–H groups in total. The first-order valence-electron chi connectivity index (χ1n) is 6.60. The number of amides is 1. The van der Waals surface area contributed by atoms with Crippen molar-refractivity contribution in [2.24, 2.45) is 14.1 Å². The summed E-state index contributed by atoms with van der Waals surface area (Å²) in [5.74, 6) is -0.115. The molecule has 9 heteroatoms. The zero-order chi connectivity index (χ0) is 15.9. The van der Waals surface area contributed by atoms with Crippen molar-refractivity contribution >= 4 is 11.9 Å². The van der Waals surface area contributed by atoms with E-state index in [9.17, 15) is 4.79 Å². The molecule has 0 atom stereocenters. The van der Waals surface area contributed by atoms with Gasteiger partial charge in [-0.1, -0.05) is 5.10 Å². The van der Waals surface area contributed by atoms with E-state index in [2.05, 4.69) is 25.7 Å². The fourth-order valence-electron chi connectivity index (χ4n) is 2.02. The first-order valence-corrected chi connectivity index (χ1v) is 6.60. The van der Waals surface area contributed by atoms with Crippen molar-refractivity contribution < 1.29 is 9.21 Å². The van der Waals surface area contributed by atoms with Gasteiger partial charge in [0.15, 0.2) is 5.69 Å². The summed E-state index contributed by atoms with van der Waals surface area (Å²) < 4.78 is 8.70. The van der Waals surface area contributed by atoms with Crippen molar-refractivity contribution in [2.45, 2.75) is 13.8 Å². The van der Waals surface area contributed by atoms with E-state index in [1.807, 2.05) is 19.9 Å². The second-order valence-electron chi connectivity index (χ2n) is 4.96. The van der Waals surface area contributed by atoms with Gasteiger partial charge in [0.1, 0.15) is 5.69 Å². The Balaban J connectivity index is 1.79. The van der Waals surface area contributed by atoms with Crippen molar-refractivity contribution in [2.75, 3.05) is 5.32 Å². The molecule has 0 fully saturated rings. The Bertz CT molecular complexity index is 823. The molecule has 0 aliphatic carbocycles. The van der Waals surface area contributed by atoms with Crippen LogP contribution < -0.4 is 5.32 Å². The van der Waals surface area contributed by atoms with E-state index in [1.54, 1.807) is 29.5 Å². The third kappa shape index (κ3) is 2.48. The molecular formula is C13H15N7O2. The van der Waals surface area contributed by atoms with Crippen molar-refractivity contribution in [3.05, 3.63) is 29.2 Å². The Kier molecular flexibility index (Phi) is 3.24. The average Bonchev–Trinajstić information content (AvgIpc) is 3.11. The van der Waals surface area contributed by atoms with Crippen LogP contribution >= 0.6 is 0 Å². The summed E-state index contributed by atoms with van der Waals surface area (Å²) in [6.07, 6.45) is 0. The quantitative estimate of drug-likeness (QED) is 0.776. The second kappa shape index (κ2) is 5.10. The largest absolute Gasteiger partial charge is 0.401 e. The van der Waals surface area contributed by atoms with Gasteiger partial charge in [-0.25, -0.2) is 0 Å². The predicted molar refractivity (Wildman–Crippen MR) is 77.1 cm³/mol.